The van der Waals surface area contributed by atoms with Gasteiger partial charge in [0, 0.05) is 17.3 Å². The van der Waals surface area contributed by atoms with Crippen LogP contribution >= 0.6 is 0 Å². The van der Waals surface area contributed by atoms with Crippen LogP contribution in [0.1, 0.15) is 34.0 Å². The zero-order chi connectivity index (χ0) is 24.8. The lowest BCUT2D eigenvalue weighted by Crippen LogP contribution is -2.25. The summed E-state index contributed by atoms with van der Waals surface area (Å²) < 4.78 is 14.2. The molecule has 1 aliphatic heterocycles. The molecule has 3 aromatic carbocycles. The van der Waals surface area contributed by atoms with Gasteiger partial charge in [-0.05, 0) is 55.8 Å². The van der Waals surface area contributed by atoms with Gasteiger partial charge in [-0.15, -0.1) is 0 Å². The number of nitrogens with zero attached hydrogens (tertiary/aromatic N) is 2. The minimum absolute atomic E-state index is 0.136. The van der Waals surface area contributed by atoms with E-state index in [0.29, 0.717) is 45.4 Å². The van der Waals surface area contributed by atoms with Crippen LogP contribution in [0.4, 0.5) is 0 Å². The first-order valence-corrected chi connectivity index (χ1v) is 11.7. The summed E-state index contributed by atoms with van der Waals surface area (Å²) in [6.07, 6.45) is 0. The number of aromatic nitrogens is 4. The molecule has 5 aromatic rings. The smallest absolute Gasteiger partial charge is 0.275 e. The van der Waals surface area contributed by atoms with E-state index < -0.39 is 5.92 Å². The molecule has 0 amide bonds. The van der Waals surface area contributed by atoms with E-state index in [0.717, 1.165) is 5.56 Å². The lowest BCUT2D eigenvalue weighted by atomic mass is 9.85. The highest BCUT2D eigenvalue weighted by Gasteiger charge is 2.32. The van der Waals surface area contributed by atoms with Gasteiger partial charge >= 0.3 is 0 Å². The first kappa shape index (κ1) is 21.8. The Bertz CT molecular complexity index is 1580. The van der Waals surface area contributed by atoms with Gasteiger partial charge in [0.2, 0.25) is 6.79 Å². The molecule has 0 bridgehead atoms. The van der Waals surface area contributed by atoms with Crippen molar-refractivity contribution in [2.75, 3.05) is 6.79 Å². The van der Waals surface area contributed by atoms with Gasteiger partial charge in [-0.3, -0.25) is 19.8 Å². The summed E-state index contributed by atoms with van der Waals surface area (Å²) in [5, 5.41) is 6.42. The van der Waals surface area contributed by atoms with Crippen molar-refractivity contribution < 1.29 is 9.47 Å². The maximum absolute atomic E-state index is 13.9. The highest BCUT2D eigenvalue weighted by Crippen LogP contribution is 2.39. The minimum atomic E-state index is -0.637. The van der Waals surface area contributed by atoms with Crippen LogP contribution in [-0.2, 0) is 0 Å². The average molecular weight is 481 g/mol. The van der Waals surface area contributed by atoms with E-state index in [1.54, 1.807) is 0 Å². The number of H-pyrrole nitrogens is 2. The van der Waals surface area contributed by atoms with Gasteiger partial charge in [0.1, 0.15) is 0 Å². The third kappa shape index (κ3) is 3.46. The fourth-order valence-electron chi connectivity index (χ4n) is 4.89. The fourth-order valence-corrected chi connectivity index (χ4v) is 4.89. The van der Waals surface area contributed by atoms with Crippen LogP contribution < -0.4 is 20.6 Å². The number of aromatic amines is 2. The van der Waals surface area contributed by atoms with Crippen molar-refractivity contribution in [2.24, 2.45) is 0 Å². The molecule has 0 radical (unpaired) electrons. The molecule has 0 fully saturated rings. The first-order chi connectivity index (χ1) is 17.5. The molecule has 3 heterocycles. The zero-order valence-corrected chi connectivity index (χ0v) is 19.8. The molecule has 6 rings (SSSR count). The lowest BCUT2D eigenvalue weighted by molar-refractivity contribution is 0.174. The normalized spacial score (nSPS) is 12.4. The number of nitrogens with one attached hydrogen (secondary N) is 2. The van der Waals surface area contributed by atoms with E-state index >= 15 is 0 Å². The molecule has 8 heteroatoms. The van der Waals surface area contributed by atoms with Gasteiger partial charge in [-0.2, -0.15) is 0 Å². The SMILES string of the molecule is Cc1[nH]n(-c2ccccc2)c(=O)c1C(c1ccc2c(c1)OCO2)c1c(C)[nH]n(-c2ccccc2)c1=O. The molecule has 0 atom stereocenters. The summed E-state index contributed by atoms with van der Waals surface area (Å²) in [5.74, 6) is 0.588. The lowest BCUT2D eigenvalue weighted by Gasteiger charge is -2.16. The fraction of sp³-hybridized carbons (Fsp3) is 0.143. The summed E-state index contributed by atoms with van der Waals surface area (Å²) in [7, 11) is 0. The molecule has 2 N–H and O–H groups in total. The summed E-state index contributed by atoms with van der Waals surface area (Å²) in [6, 6.07) is 24.3. The van der Waals surface area contributed by atoms with E-state index in [1.807, 2.05) is 92.7 Å². The number of para-hydroxylation sites is 2. The van der Waals surface area contributed by atoms with Gasteiger partial charge in [0.15, 0.2) is 11.5 Å². The highest BCUT2D eigenvalue weighted by atomic mass is 16.7. The molecule has 8 nitrogen and oxygen atoms in total. The standard InChI is InChI=1S/C28H24N4O4/c1-17-24(27(33)31(29-17)20-9-5-3-6-10-20)26(19-13-14-22-23(15-19)36-16-35-22)25-18(2)30-32(28(25)34)21-11-7-4-8-12-21/h3-15,26,29-30H,16H2,1-2H3. The van der Waals surface area contributed by atoms with E-state index in [4.69, 9.17) is 9.47 Å². The Morgan fingerprint density at radius 2 is 1.19 bits per heavy atom. The molecule has 2 aromatic heterocycles. The van der Waals surface area contributed by atoms with Crippen molar-refractivity contribution in [3.8, 4) is 22.9 Å². The summed E-state index contributed by atoms with van der Waals surface area (Å²) in [6.45, 7) is 3.85. The van der Waals surface area contributed by atoms with Crippen molar-refractivity contribution in [1.82, 2.24) is 19.6 Å². The van der Waals surface area contributed by atoms with Gasteiger partial charge in [-0.25, -0.2) is 9.36 Å². The molecule has 1 aliphatic rings. The van der Waals surface area contributed by atoms with Crippen LogP contribution in [0.3, 0.4) is 0 Å². The maximum atomic E-state index is 13.9. The molecule has 36 heavy (non-hydrogen) atoms. The van der Waals surface area contributed by atoms with E-state index in [-0.39, 0.29) is 17.9 Å². The zero-order valence-electron chi connectivity index (χ0n) is 19.8. The molecule has 0 aliphatic carbocycles. The number of aryl methyl sites for hydroxylation is 2. The Kier molecular flexibility index (Phi) is 5.14. The van der Waals surface area contributed by atoms with Crippen molar-refractivity contribution in [3.63, 3.8) is 0 Å². The molecular formula is C28H24N4O4. The van der Waals surface area contributed by atoms with Gasteiger partial charge in [0.05, 0.1) is 22.5 Å². The Hall–Kier alpha value is -4.72. The maximum Gasteiger partial charge on any atom is 0.275 e. The van der Waals surface area contributed by atoms with Crippen molar-refractivity contribution in [1.29, 1.82) is 0 Å². The number of fused-ring (bicyclic) bond motifs is 1. The predicted octanol–water partition coefficient (Wildman–Crippen LogP) is 4.17. The largest absolute Gasteiger partial charge is 0.454 e. The quantitative estimate of drug-likeness (QED) is 0.395. The van der Waals surface area contributed by atoms with Crippen LogP contribution in [0.2, 0.25) is 0 Å². The van der Waals surface area contributed by atoms with Crippen LogP contribution in [0.15, 0.2) is 88.5 Å². The molecule has 0 spiro atoms. The third-order valence-corrected chi connectivity index (χ3v) is 6.57. The summed E-state index contributed by atoms with van der Waals surface area (Å²) in [5.41, 5.74) is 4.12. The molecule has 0 saturated heterocycles. The number of hydrogen-bond donors (Lipinski definition) is 2. The molecule has 0 saturated carbocycles. The minimum Gasteiger partial charge on any atom is -0.454 e. The number of hydrogen-bond acceptors (Lipinski definition) is 4. The summed E-state index contributed by atoms with van der Waals surface area (Å²) >= 11 is 0. The number of rotatable bonds is 5. The Balaban J connectivity index is 1.60. The van der Waals surface area contributed by atoms with Crippen molar-refractivity contribution in [2.45, 2.75) is 19.8 Å². The third-order valence-electron chi connectivity index (χ3n) is 6.57. The highest BCUT2D eigenvalue weighted by molar-refractivity contribution is 5.52. The molecule has 0 unspecified atom stereocenters. The average Bonchev–Trinajstić information content (AvgIpc) is 3.57. The molecule has 180 valence electrons. The second kappa shape index (κ2) is 8.49. The van der Waals surface area contributed by atoms with Crippen LogP contribution in [0.5, 0.6) is 11.5 Å². The van der Waals surface area contributed by atoms with Gasteiger partial charge in [0.25, 0.3) is 11.1 Å². The second-order valence-electron chi connectivity index (χ2n) is 8.80. The Morgan fingerprint density at radius 3 is 1.72 bits per heavy atom. The van der Waals surface area contributed by atoms with Crippen LogP contribution in [0.25, 0.3) is 11.4 Å². The van der Waals surface area contributed by atoms with Crippen LogP contribution in [0, 0.1) is 13.8 Å². The second-order valence-corrected chi connectivity index (χ2v) is 8.80. The van der Waals surface area contributed by atoms with Crippen LogP contribution in [-0.4, -0.2) is 26.4 Å². The summed E-state index contributed by atoms with van der Waals surface area (Å²) in [4.78, 5) is 27.7. The number of ether oxygens (including phenoxy) is 2. The Morgan fingerprint density at radius 1 is 0.694 bits per heavy atom. The topological polar surface area (TPSA) is 94.0 Å². The van der Waals surface area contributed by atoms with E-state index in [9.17, 15) is 9.59 Å². The number of benzene rings is 3. The van der Waals surface area contributed by atoms with Crippen molar-refractivity contribution >= 4 is 0 Å². The van der Waals surface area contributed by atoms with Gasteiger partial charge in [-0.1, -0.05) is 42.5 Å². The predicted molar refractivity (Wildman–Crippen MR) is 136 cm³/mol. The monoisotopic (exact) mass is 480 g/mol. The van der Waals surface area contributed by atoms with E-state index in [1.165, 1.54) is 9.36 Å². The van der Waals surface area contributed by atoms with Gasteiger partial charge < -0.3 is 9.47 Å². The van der Waals surface area contributed by atoms with Crippen molar-refractivity contribution in [3.05, 3.63) is 128 Å². The first-order valence-electron chi connectivity index (χ1n) is 11.7. The molecular weight excluding hydrogens is 456 g/mol. The van der Waals surface area contributed by atoms with E-state index in [2.05, 4.69) is 10.2 Å². The Labute approximate surface area is 206 Å².